The first kappa shape index (κ1) is 20.0. The summed E-state index contributed by atoms with van der Waals surface area (Å²) in [6.45, 7) is 0. The molecule has 12 heteroatoms. The number of hydrogen-bond donors (Lipinski definition) is 7. The highest BCUT2D eigenvalue weighted by molar-refractivity contribution is 6.25. The summed E-state index contributed by atoms with van der Waals surface area (Å²) in [7, 11) is 0. The zero-order valence-electron chi connectivity index (χ0n) is 16.3. The van der Waals surface area contributed by atoms with Crippen LogP contribution in [0.15, 0.2) is 37.9 Å². The van der Waals surface area contributed by atoms with Crippen LogP contribution in [0.2, 0.25) is 0 Å². The summed E-state index contributed by atoms with van der Waals surface area (Å²) >= 11 is 0. The summed E-state index contributed by atoms with van der Waals surface area (Å²) in [5.74, 6) is -8.00. The maximum atomic E-state index is 13.5. The standard InChI is InChI=1S/C20H18N4O8/c21-7-3-8-15(32-19(30)24-8)10-5(7)1-4-2-6-12(22)14(26)11(18(23)29)17(28)20(6,31)16(27)9(4)13(10)25/h3-4,6,12,26-27,31H,1-2,21-22H2,(H2,23,29)(H,24,30)/t4-,6-,12?,20-/m0/s1. The Hall–Kier alpha value is -3.90. The van der Waals surface area contributed by atoms with Gasteiger partial charge in [-0.2, -0.15) is 0 Å². The fourth-order valence-electron chi connectivity index (χ4n) is 5.22. The number of hydrogen-bond acceptors (Lipinski definition) is 10. The molecule has 1 unspecified atom stereocenters. The number of ketones is 2. The molecule has 5 rings (SSSR count). The average molecular weight is 442 g/mol. The molecule has 3 aliphatic carbocycles. The number of fused-ring (bicyclic) bond motifs is 5. The zero-order chi connectivity index (χ0) is 23.3. The molecule has 12 nitrogen and oxygen atoms in total. The van der Waals surface area contributed by atoms with Crippen molar-refractivity contribution in [2.45, 2.75) is 24.5 Å². The smallest absolute Gasteiger partial charge is 0.417 e. The van der Waals surface area contributed by atoms with E-state index in [1.807, 2.05) is 0 Å². The number of oxazole rings is 1. The fraction of sp³-hybridized carbons (Fsp3) is 0.300. The molecule has 32 heavy (non-hydrogen) atoms. The highest BCUT2D eigenvalue weighted by Gasteiger charge is 2.62. The first-order valence-corrected chi connectivity index (χ1v) is 9.66. The van der Waals surface area contributed by atoms with E-state index in [1.54, 1.807) is 0 Å². The van der Waals surface area contributed by atoms with Crippen LogP contribution in [0, 0.1) is 11.8 Å². The maximum Gasteiger partial charge on any atom is 0.417 e. The molecule has 0 fully saturated rings. The van der Waals surface area contributed by atoms with Crippen molar-refractivity contribution in [2.75, 3.05) is 5.73 Å². The number of benzene rings is 1. The van der Waals surface area contributed by atoms with E-state index in [9.17, 15) is 34.5 Å². The van der Waals surface area contributed by atoms with Gasteiger partial charge in [0.15, 0.2) is 17.0 Å². The molecule has 0 bridgehead atoms. The minimum atomic E-state index is -2.74. The third-order valence-corrected chi connectivity index (χ3v) is 6.70. The van der Waals surface area contributed by atoms with Crippen molar-refractivity contribution in [3.05, 3.63) is 50.4 Å². The number of Topliss-reactive ketones (excluding diaryl/α,β-unsaturated/α-hetero) is 2. The number of carbonyl (C=O) groups is 3. The van der Waals surface area contributed by atoms with Gasteiger partial charge in [0.05, 0.1) is 17.1 Å². The van der Waals surface area contributed by atoms with E-state index >= 15 is 0 Å². The lowest BCUT2D eigenvalue weighted by Gasteiger charge is -2.47. The van der Waals surface area contributed by atoms with E-state index < -0.39 is 63.8 Å². The lowest BCUT2D eigenvalue weighted by molar-refractivity contribution is -0.145. The molecule has 1 aromatic carbocycles. The van der Waals surface area contributed by atoms with Crippen LogP contribution in [-0.4, -0.2) is 49.4 Å². The monoisotopic (exact) mass is 442 g/mol. The molecule has 1 amide bonds. The van der Waals surface area contributed by atoms with Crippen LogP contribution in [0.25, 0.3) is 11.1 Å². The number of nitrogen functional groups attached to an aromatic ring is 1. The van der Waals surface area contributed by atoms with Crippen molar-refractivity contribution in [2.24, 2.45) is 23.3 Å². The van der Waals surface area contributed by atoms with Gasteiger partial charge in [0.25, 0.3) is 5.91 Å². The molecule has 4 atom stereocenters. The number of aliphatic hydroxyl groups is 3. The number of rotatable bonds is 1. The number of aromatic amines is 1. The van der Waals surface area contributed by atoms with E-state index in [0.29, 0.717) is 5.56 Å². The Morgan fingerprint density at radius 3 is 2.59 bits per heavy atom. The van der Waals surface area contributed by atoms with Gasteiger partial charge in [-0.15, -0.1) is 0 Å². The molecule has 0 saturated carbocycles. The average Bonchev–Trinajstić information content (AvgIpc) is 3.08. The van der Waals surface area contributed by atoms with Gasteiger partial charge in [-0.05, 0) is 30.4 Å². The van der Waals surface area contributed by atoms with Gasteiger partial charge in [-0.1, -0.05) is 0 Å². The predicted molar refractivity (Wildman–Crippen MR) is 107 cm³/mol. The third-order valence-electron chi connectivity index (χ3n) is 6.70. The van der Waals surface area contributed by atoms with Crippen LogP contribution in [0.3, 0.4) is 0 Å². The molecular formula is C20H18N4O8. The van der Waals surface area contributed by atoms with Gasteiger partial charge >= 0.3 is 5.76 Å². The van der Waals surface area contributed by atoms with E-state index in [-0.39, 0.29) is 40.8 Å². The van der Waals surface area contributed by atoms with Crippen molar-refractivity contribution in [1.29, 1.82) is 0 Å². The molecule has 0 saturated heterocycles. The van der Waals surface area contributed by atoms with E-state index in [0.717, 1.165) is 0 Å². The highest BCUT2D eigenvalue weighted by Crippen LogP contribution is 2.51. The van der Waals surface area contributed by atoms with Gasteiger partial charge < -0.3 is 36.9 Å². The van der Waals surface area contributed by atoms with Crippen LogP contribution in [-0.2, 0) is 16.0 Å². The van der Waals surface area contributed by atoms with Crippen molar-refractivity contribution in [3.63, 3.8) is 0 Å². The predicted octanol–water partition coefficient (Wildman–Crippen LogP) is -1.17. The lowest BCUT2D eigenvalue weighted by atomic mass is 9.59. The molecule has 1 heterocycles. The van der Waals surface area contributed by atoms with E-state index in [2.05, 4.69) is 4.98 Å². The van der Waals surface area contributed by atoms with E-state index in [4.69, 9.17) is 21.6 Å². The number of primary amides is 1. The maximum absolute atomic E-state index is 13.5. The molecule has 0 spiro atoms. The van der Waals surface area contributed by atoms with Crippen LogP contribution in [0.4, 0.5) is 5.69 Å². The second-order valence-electron chi connectivity index (χ2n) is 8.29. The number of anilines is 1. The Labute approximate surface area is 178 Å². The zero-order valence-corrected chi connectivity index (χ0v) is 16.3. The first-order chi connectivity index (χ1) is 15.0. The quantitative estimate of drug-likeness (QED) is 0.206. The summed E-state index contributed by atoms with van der Waals surface area (Å²) in [6, 6.07) is 0.0480. The summed E-state index contributed by atoms with van der Waals surface area (Å²) < 4.78 is 5.10. The Bertz CT molecular complexity index is 1400. The molecule has 0 radical (unpaired) electrons. The number of carbonyl (C=O) groups excluding carboxylic acids is 3. The van der Waals surface area contributed by atoms with Gasteiger partial charge in [-0.25, -0.2) is 4.79 Å². The van der Waals surface area contributed by atoms with Gasteiger partial charge in [0.1, 0.15) is 17.1 Å². The minimum Gasteiger partial charge on any atom is -0.510 e. The van der Waals surface area contributed by atoms with Crippen molar-refractivity contribution in [1.82, 2.24) is 4.98 Å². The van der Waals surface area contributed by atoms with Crippen LogP contribution >= 0.6 is 0 Å². The fourth-order valence-corrected chi connectivity index (χ4v) is 5.22. The minimum absolute atomic E-state index is 0.0701. The summed E-state index contributed by atoms with van der Waals surface area (Å²) in [4.78, 5) is 52.3. The number of aliphatic hydroxyl groups excluding tert-OH is 2. The molecule has 10 N–H and O–H groups in total. The van der Waals surface area contributed by atoms with Crippen LogP contribution in [0.1, 0.15) is 22.3 Å². The third kappa shape index (κ3) is 2.22. The van der Waals surface area contributed by atoms with Crippen molar-refractivity contribution in [3.8, 4) is 0 Å². The Kier molecular flexibility index (Phi) is 3.81. The SMILES string of the molecule is NC(=O)C1=C(O)C(N)[C@@H]2C[C@@H]3Cc4c(N)cc5[nH]c(=O)oc5c4C(=O)C3=C(O)[C@]2(O)C1=O. The molecule has 0 aliphatic heterocycles. The topological polar surface area (TPSA) is 236 Å². The largest absolute Gasteiger partial charge is 0.510 e. The summed E-state index contributed by atoms with van der Waals surface area (Å²) in [6.07, 6.45) is 0.0242. The Morgan fingerprint density at radius 1 is 1.25 bits per heavy atom. The van der Waals surface area contributed by atoms with E-state index in [1.165, 1.54) is 6.07 Å². The Balaban J connectivity index is 1.77. The molecule has 2 aromatic rings. The van der Waals surface area contributed by atoms with Gasteiger partial charge in [-0.3, -0.25) is 19.4 Å². The van der Waals surface area contributed by atoms with Gasteiger partial charge in [0, 0.05) is 17.2 Å². The molecular weight excluding hydrogens is 424 g/mol. The normalized spacial score (nSPS) is 29.8. The number of amides is 1. The van der Waals surface area contributed by atoms with Crippen LogP contribution < -0.4 is 23.0 Å². The van der Waals surface area contributed by atoms with Crippen molar-refractivity contribution < 1.29 is 34.1 Å². The lowest BCUT2D eigenvalue weighted by Crippen LogP contribution is -2.63. The first-order valence-electron chi connectivity index (χ1n) is 9.66. The molecule has 166 valence electrons. The van der Waals surface area contributed by atoms with Crippen LogP contribution in [0.5, 0.6) is 0 Å². The summed E-state index contributed by atoms with van der Waals surface area (Å²) in [5.41, 5.74) is 13.9. The number of nitrogens with two attached hydrogens (primary N) is 3. The molecule has 3 aliphatic rings. The number of H-pyrrole nitrogens is 1. The number of nitrogens with one attached hydrogen (secondary N) is 1. The second-order valence-corrected chi connectivity index (χ2v) is 8.29. The number of aromatic nitrogens is 1. The Morgan fingerprint density at radius 2 is 1.94 bits per heavy atom. The molecule has 1 aromatic heterocycles. The van der Waals surface area contributed by atoms with Gasteiger partial charge in [0.2, 0.25) is 5.78 Å². The highest BCUT2D eigenvalue weighted by atomic mass is 16.4. The van der Waals surface area contributed by atoms with Crippen molar-refractivity contribution >= 4 is 34.3 Å². The summed E-state index contributed by atoms with van der Waals surface area (Å²) in [5, 5.41) is 32.6. The number of allylic oxidation sites excluding steroid dienone is 1. The second kappa shape index (κ2) is 6.08.